The minimum Gasteiger partial charge on any atom is -0.368 e. The van der Waals surface area contributed by atoms with Crippen molar-refractivity contribution in [3.05, 3.63) is 29.3 Å². The molecule has 1 saturated heterocycles. The highest BCUT2D eigenvalue weighted by atomic mass is 16.2. The van der Waals surface area contributed by atoms with Crippen LogP contribution in [0.2, 0.25) is 0 Å². The Morgan fingerprint density at radius 2 is 1.90 bits per heavy atom. The van der Waals surface area contributed by atoms with E-state index in [9.17, 15) is 9.59 Å². The molecule has 3 N–H and O–H groups in total. The number of anilines is 1. The van der Waals surface area contributed by atoms with Gasteiger partial charge in [0.25, 0.3) is 0 Å². The summed E-state index contributed by atoms with van der Waals surface area (Å²) >= 11 is 0. The van der Waals surface area contributed by atoms with Crippen LogP contribution in [0.1, 0.15) is 30.4 Å². The molecule has 1 heterocycles. The molecule has 0 spiro atoms. The van der Waals surface area contributed by atoms with Crippen LogP contribution in [0.4, 0.5) is 5.69 Å². The smallest absolute Gasteiger partial charge is 0.238 e. The summed E-state index contributed by atoms with van der Waals surface area (Å²) in [6, 6.07) is 5.62. The van der Waals surface area contributed by atoms with Gasteiger partial charge < -0.3 is 11.1 Å². The number of rotatable bonds is 4. The molecule has 21 heavy (non-hydrogen) atoms. The van der Waals surface area contributed by atoms with Crippen molar-refractivity contribution in [3.8, 4) is 0 Å². The van der Waals surface area contributed by atoms with Crippen molar-refractivity contribution in [2.75, 3.05) is 18.4 Å². The van der Waals surface area contributed by atoms with Gasteiger partial charge >= 0.3 is 0 Å². The largest absolute Gasteiger partial charge is 0.368 e. The van der Waals surface area contributed by atoms with E-state index >= 15 is 0 Å². The summed E-state index contributed by atoms with van der Waals surface area (Å²) in [5, 5.41) is 2.90. The Morgan fingerprint density at radius 1 is 1.24 bits per heavy atom. The third kappa shape index (κ3) is 4.29. The Kier molecular flexibility index (Phi) is 4.96. The Hall–Kier alpha value is -1.88. The summed E-state index contributed by atoms with van der Waals surface area (Å²) in [5.41, 5.74) is 8.43. The monoisotopic (exact) mass is 289 g/mol. The standard InChI is InChI=1S/C16H23N3O2/c1-11-7-12(2)9-13(8-11)18-15(20)10-19-6-4-3-5-14(19)16(17)21/h7-9,14H,3-6,10H2,1-2H3,(H2,17,21)(H,18,20)/t14-/m1/s1. The van der Waals surface area contributed by atoms with Crippen molar-refractivity contribution in [3.63, 3.8) is 0 Å². The van der Waals surface area contributed by atoms with Gasteiger partial charge in [0.1, 0.15) is 0 Å². The molecule has 1 aromatic carbocycles. The molecule has 1 aliphatic heterocycles. The zero-order valence-electron chi connectivity index (χ0n) is 12.7. The molecule has 0 unspecified atom stereocenters. The molecular weight excluding hydrogens is 266 g/mol. The number of amides is 2. The van der Waals surface area contributed by atoms with Crippen LogP contribution >= 0.6 is 0 Å². The highest BCUT2D eigenvalue weighted by Gasteiger charge is 2.28. The van der Waals surface area contributed by atoms with Crippen molar-refractivity contribution in [2.24, 2.45) is 5.73 Å². The Bertz CT molecular complexity index is 522. The summed E-state index contributed by atoms with van der Waals surface area (Å²) < 4.78 is 0. The third-order valence-electron chi connectivity index (χ3n) is 3.79. The van der Waals surface area contributed by atoms with E-state index in [2.05, 4.69) is 11.4 Å². The fraction of sp³-hybridized carbons (Fsp3) is 0.500. The quantitative estimate of drug-likeness (QED) is 0.883. The van der Waals surface area contributed by atoms with Gasteiger partial charge in [0, 0.05) is 5.69 Å². The number of carbonyl (C=O) groups excluding carboxylic acids is 2. The number of likely N-dealkylation sites (tertiary alicyclic amines) is 1. The van der Waals surface area contributed by atoms with E-state index in [-0.39, 0.29) is 24.4 Å². The van der Waals surface area contributed by atoms with Crippen molar-refractivity contribution < 1.29 is 9.59 Å². The molecule has 0 saturated carbocycles. The predicted molar refractivity (Wildman–Crippen MR) is 83.0 cm³/mol. The van der Waals surface area contributed by atoms with E-state index < -0.39 is 0 Å². The van der Waals surface area contributed by atoms with Crippen LogP contribution in [-0.4, -0.2) is 35.8 Å². The number of hydrogen-bond donors (Lipinski definition) is 2. The highest BCUT2D eigenvalue weighted by molar-refractivity contribution is 5.93. The molecule has 5 nitrogen and oxygen atoms in total. The number of primary amides is 1. The first-order valence-electron chi connectivity index (χ1n) is 7.37. The van der Waals surface area contributed by atoms with Gasteiger partial charge in [-0.1, -0.05) is 12.5 Å². The molecule has 1 aromatic rings. The molecule has 1 aliphatic rings. The fourth-order valence-electron chi connectivity index (χ4n) is 2.93. The second-order valence-electron chi connectivity index (χ2n) is 5.81. The number of carbonyl (C=O) groups is 2. The first kappa shape index (κ1) is 15.5. The molecule has 0 aliphatic carbocycles. The van der Waals surface area contributed by atoms with Crippen LogP contribution in [-0.2, 0) is 9.59 Å². The van der Waals surface area contributed by atoms with E-state index in [1.54, 1.807) is 0 Å². The highest BCUT2D eigenvalue weighted by Crippen LogP contribution is 2.17. The molecular formula is C16H23N3O2. The van der Waals surface area contributed by atoms with Crippen molar-refractivity contribution in [1.29, 1.82) is 0 Å². The van der Waals surface area contributed by atoms with Crippen LogP contribution < -0.4 is 11.1 Å². The SMILES string of the molecule is Cc1cc(C)cc(NC(=O)CN2CCCC[C@@H]2C(N)=O)c1. The lowest BCUT2D eigenvalue weighted by atomic mass is 10.0. The number of aryl methyl sites for hydroxylation is 2. The van der Waals surface area contributed by atoms with Gasteiger partial charge in [-0.2, -0.15) is 0 Å². The number of nitrogens with one attached hydrogen (secondary N) is 1. The lowest BCUT2D eigenvalue weighted by molar-refractivity contribution is -0.126. The van der Waals surface area contributed by atoms with E-state index in [1.165, 1.54) is 0 Å². The zero-order chi connectivity index (χ0) is 15.4. The third-order valence-corrected chi connectivity index (χ3v) is 3.79. The molecule has 1 fully saturated rings. The second kappa shape index (κ2) is 6.72. The number of nitrogens with zero attached hydrogens (tertiary/aromatic N) is 1. The van der Waals surface area contributed by atoms with Gasteiger partial charge in [-0.3, -0.25) is 14.5 Å². The normalized spacial score (nSPS) is 19.2. The predicted octanol–water partition coefficient (Wildman–Crippen LogP) is 1.58. The number of nitrogens with two attached hydrogens (primary N) is 1. The molecule has 2 amide bonds. The van der Waals surface area contributed by atoms with Crippen LogP contribution in [0, 0.1) is 13.8 Å². The Balaban J connectivity index is 1.98. The van der Waals surface area contributed by atoms with Gasteiger partial charge in [-0.15, -0.1) is 0 Å². The molecule has 2 rings (SSSR count). The van der Waals surface area contributed by atoms with Crippen molar-refractivity contribution in [2.45, 2.75) is 39.2 Å². The lowest BCUT2D eigenvalue weighted by Gasteiger charge is -2.32. The van der Waals surface area contributed by atoms with E-state index in [0.717, 1.165) is 42.6 Å². The summed E-state index contributed by atoms with van der Waals surface area (Å²) in [5.74, 6) is -0.443. The van der Waals surface area contributed by atoms with Crippen LogP contribution in [0.25, 0.3) is 0 Å². The van der Waals surface area contributed by atoms with Crippen LogP contribution in [0.3, 0.4) is 0 Å². The summed E-state index contributed by atoms with van der Waals surface area (Å²) in [6.45, 7) is 4.95. The van der Waals surface area contributed by atoms with Crippen molar-refractivity contribution >= 4 is 17.5 Å². The molecule has 5 heteroatoms. The first-order valence-corrected chi connectivity index (χ1v) is 7.37. The van der Waals surface area contributed by atoms with Crippen LogP contribution in [0.15, 0.2) is 18.2 Å². The van der Waals surface area contributed by atoms with Crippen molar-refractivity contribution in [1.82, 2.24) is 4.90 Å². The van der Waals surface area contributed by atoms with Gasteiger partial charge in [-0.05, 0) is 56.5 Å². The van der Waals surface area contributed by atoms with E-state index in [1.807, 2.05) is 30.9 Å². The van der Waals surface area contributed by atoms with Gasteiger partial charge in [0.2, 0.25) is 11.8 Å². The number of hydrogen-bond acceptors (Lipinski definition) is 3. The van der Waals surface area contributed by atoms with Gasteiger partial charge in [-0.25, -0.2) is 0 Å². The van der Waals surface area contributed by atoms with E-state index in [4.69, 9.17) is 5.73 Å². The number of piperidine rings is 1. The average molecular weight is 289 g/mol. The minimum atomic E-state index is -0.339. The van der Waals surface area contributed by atoms with Gasteiger partial charge in [0.05, 0.1) is 12.6 Å². The summed E-state index contributed by atoms with van der Waals surface area (Å²) in [6.07, 6.45) is 2.73. The molecule has 0 bridgehead atoms. The lowest BCUT2D eigenvalue weighted by Crippen LogP contribution is -2.50. The number of benzene rings is 1. The second-order valence-corrected chi connectivity index (χ2v) is 5.81. The summed E-state index contributed by atoms with van der Waals surface area (Å²) in [4.78, 5) is 25.5. The minimum absolute atomic E-state index is 0.104. The van der Waals surface area contributed by atoms with Crippen LogP contribution in [0.5, 0.6) is 0 Å². The Morgan fingerprint density at radius 3 is 2.52 bits per heavy atom. The maximum atomic E-state index is 12.2. The molecule has 1 atom stereocenters. The van der Waals surface area contributed by atoms with E-state index in [0.29, 0.717) is 0 Å². The molecule has 0 aromatic heterocycles. The maximum absolute atomic E-state index is 12.2. The van der Waals surface area contributed by atoms with Gasteiger partial charge in [0.15, 0.2) is 0 Å². The maximum Gasteiger partial charge on any atom is 0.238 e. The summed E-state index contributed by atoms with van der Waals surface area (Å²) in [7, 11) is 0. The first-order chi connectivity index (χ1) is 9.95. The Labute approximate surface area is 125 Å². The molecule has 114 valence electrons. The topological polar surface area (TPSA) is 75.4 Å². The average Bonchev–Trinajstić information content (AvgIpc) is 2.37. The molecule has 0 radical (unpaired) electrons. The fourth-order valence-corrected chi connectivity index (χ4v) is 2.93. The zero-order valence-corrected chi connectivity index (χ0v) is 12.7.